The van der Waals surface area contributed by atoms with Gasteiger partial charge in [-0.2, -0.15) is 0 Å². The zero-order valence-corrected chi connectivity index (χ0v) is 7.46. The summed E-state index contributed by atoms with van der Waals surface area (Å²) in [5, 5.41) is 10.1. The van der Waals surface area contributed by atoms with Crippen LogP contribution in [0.1, 0.15) is 31.2 Å². The van der Waals surface area contributed by atoms with Gasteiger partial charge in [-0.15, -0.1) is 0 Å². The molecule has 1 fully saturated rings. The molecule has 0 saturated heterocycles. The molecule has 0 spiro atoms. The number of hydrogen-bond donors (Lipinski definition) is 1. The van der Waals surface area contributed by atoms with E-state index in [-0.39, 0.29) is 5.82 Å². The van der Waals surface area contributed by atoms with Crippen molar-refractivity contribution < 1.29 is 9.50 Å². The monoisotopic (exact) mass is 180 g/mol. The maximum atomic E-state index is 12.9. The van der Waals surface area contributed by atoms with Crippen LogP contribution in [-0.4, -0.2) is 5.11 Å². The molecular formula is C11H13FO. The van der Waals surface area contributed by atoms with Crippen molar-refractivity contribution in [2.24, 2.45) is 0 Å². The highest BCUT2D eigenvalue weighted by molar-refractivity contribution is 5.24. The third-order valence-electron chi connectivity index (χ3n) is 2.79. The molecule has 1 nitrogen and oxygen atoms in total. The van der Waals surface area contributed by atoms with Crippen LogP contribution in [0.3, 0.4) is 0 Å². The van der Waals surface area contributed by atoms with E-state index in [2.05, 4.69) is 0 Å². The standard InChI is InChI=1S/C11H13FO/c12-10-5-3-4-9(8-10)11(13)6-1-2-7-11/h3-5,8,13H,1-2,6-7H2. The fraction of sp³-hybridized carbons (Fsp3) is 0.455. The molecule has 70 valence electrons. The highest BCUT2D eigenvalue weighted by Gasteiger charge is 2.32. The maximum absolute atomic E-state index is 12.9. The Balaban J connectivity index is 2.33. The highest BCUT2D eigenvalue weighted by Crippen LogP contribution is 2.38. The number of rotatable bonds is 1. The third-order valence-corrected chi connectivity index (χ3v) is 2.79. The molecule has 0 heterocycles. The molecule has 0 atom stereocenters. The second-order valence-corrected chi connectivity index (χ2v) is 3.75. The van der Waals surface area contributed by atoms with Gasteiger partial charge >= 0.3 is 0 Å². The summed E-state index contributed by atoms with van der Waals surface area (Å²) in [5.74, 6) is -0.266. The lowest BCUT2D eigenvalue weighted by Gasteiger charge is -2.22. The third kappa shape index (κ3) is 1.59. The summed E-state index contributed by atoms with van der Waals surface area (Å²) in [5.41, 5.74) is -0.0350. The second-order valence-electron chi connectivity index (χ2n) is 3.75. The molecule has 1 N–H and O–H groups in total. The molecule has 0 amide bonds. The van der Waals surface area contributed by atoms with E-state index in [4.69, 9.17) is 0 Å². The first kappa shape index (κ1) is 8.70. The molecule has 1 aliphatic rings. The minimum Gasteiger partial charge on any atom is -0.385 e. The first-order chi connectivity index (χ1) is 6.21. The van der Waals surface area contributed by atoms with Gasteiger partial charge in [0.15, 0.2) is 0 Å². The minimum absolute atomic E-state index is 0.266. The molecule has 0 bridgehead atoms. The second kappa shape index (κ2) is 3.11. The predicted octanol–water partition coefficient (Wildman–Crippen LogP) is 2.59. The van der Waals surface area contributed by atoms with Crippen LogP contribution in [0.25, 0.3) is 0 Å². The van der Waals surface area contributed by atoms with Crippen molar-refractivity contribution in [3.05, 3.63) is 35.6 Å². The first-order valence-corrected chi connectivity index (χ1v) is 4.69. The van der Waals surface area contributed by atoms with Gasteiger partial charge < -0.3 is 5.11 Å². The maximum Gasteiger partial charge on any atom is 0.123 e. The minimum atomic E-state index is -0.762. The molecule has 0 radical (unpaired) electrons. The van der Waals surface area contributed by atoms with Gasteiger partial charge in [0.05, 0.1) is 5.60 Å². The Morgan fingerprint density at radius 1 is 1.23 bits per heavy atom. The Hall–Kier alpha value is -0.890. The van der Waals surface area contributed by atoms with E-state index in [0.717, 1.165) is 31.2 Å². The first-order valence-electron chi connectivity index (χ1n) is 4.69. The van der Waals surface area contributed by atoms with Crippen molar-refractivity contribution in [2.45, 2.75) is 31.3 Å². The molecule has 2 rings (SSSR count). The highest BCUT2D eigenvalue weighted by atomic mass is 19.1. The van der Waals surface area contributed by atoms with Crippen LogP contribution < -0.4 is 0 Å². The van der Waals surface area contributed by atoms with Crippen molar-refractivity contribution in [1.82, 2.24) is 0 Å². The molecule has 1 aromatic rings. The Morgan fingerprint density at radius 2 is 1.92 bits per heavy atom. The van der Waals surface area contributed by atoms with Crippen LogP contribution in [0.2, 0.25) is 0 Å². The van der Waals surface area contributed by atoms with E-state index in [9.17, 15) is 9.50 Å². The zero-order chi connectivity index (χ0) is 9.31. The van der Waals surface area contributed by atoms with E-state index in [1.165, 1.54) is 12.1 Å². The van der Waals surface area contributed by atoms with Crippen molar-refractivity contribution in [3.8, 4) is 0 Å². The van der Waals surface area contributed by atoms with Crippen LogP contribution in [0.5, 0.6) is 0 Å². The van der Waals surface area contributed by atoms with E-state index in [1.54, 1.807) is 12.1 Å². The fourth-order valence-corrected chi connectivity index (χ4v) is 2.03. The summed E-state index contributed by atoms with van der Waals surface area (Å²) < 4.78 is 12.9. The average molecular weight is 180 g/mol. The lowest BCUT2D eigenvalue weighted by atomic mass is 9.92. The summed E-state index contributed by atoms with van der Waals surface area (Å²) >= 11 is 0. The van der Waals surface area contributed by atoms with Gasteiger partial charge in [-0.3, -0.25) is 0 Å². The van der Waals surface area contributed by atoms with Crippen LogP contribution in [-0.2, 0) is 5.60 Å². The van der Waals surface area contributed by atoms with Crippen molar-refractivity contribution in [2.75, 3.05) is 0 Å². The van der Waals surface area contributed by atoms with Crippen LogP contribution in [0.4, 0.5) is 4.39 Å². The molecule has 2 heteroatoms. The van der Waals surface area contributed by atoms with Gasteiger partial charge in [0.1, 0.15) is 5.82 Å². The lowest BCUT2D eigenvalue weighted by molar-refractivity contribution is 0.0441. The normalized spacial score (nSPS) is 20.5. The molecule has 13 heavy (non-hydrogen) atoms. The smallest absolute Gasteiger partial charge is 0.123 e. The SMILES string of the molecule is OC1(c2cccc(F)c2)CCCC1. The number of benzene rings is 1. The van der Waals surface area contributed by atoms with E-state index >= 15 is 0 Å². The van der Waals surface area contributed by atoms with E-state index in [0.29, 0.717) is 0 Å². The van der Waals surface area contributed by atoms with Gasteiger partial charge in [-0.25, -0.2) is 4.39 Å². The van der Waals surface area contributed by atoms with Crippen LogP contribution in [0, 0.1) is 5.82 Å². The molecule has 1 aliphatic carbocycles. The average Bonchev–Trinajstić information content (AvgIpc) is 2.54. The Bertz CT molecular complexity index is 303. The molecule has 0 unspecified atom stereocenters. The van der Waals surface area contributed by atoms with Crippen LogP contribution in [0.15, 0.2) is 24.3 Å². The molecule has 1 saturated carbocycles. The van der Waals surface area contributed by atoms with E-state index in [1.807, 2.05) is 0 Å². The summed E-state index contributed by atoms with van der Waals surface area (Å²) in [4.78, 5) is 0. The largest absolute Gasteiger partial charge is 0.385 e. The summed E-state index contributed by atoms with van der Waals surface area (Å²) in [6.45, 7) is 0. The number of halogens is 1. The topological polar surface area (TPSA) is 20.2 Å². The zero-order valence-electron chi connectivity index (χ0n) is 7.46. The van der Waals surface area contributed by atoms with Crippen LogP contribution >= 0.6 is 0 Å². The molecule has 1 aromatic carbocycles. The van der Waals surface area contributed by atoms with E-state index < -0.39 is 5.60 Å². The lowest BCUT2D eigenvalue weighted by Crippen LogP contribution is -2.20. The molecule has 0 aliphatic heterocycles. The Labute approximate surface area is 77.2 Å². The summed E-state index contributed by atoms with van der Waals surface area (Å²) in [6, 6.07) is 6.29. The van der Waals surface area contributed by atoms with Crippen molar-refractivity contribution in [1.29, 1.82) is 0 Å². The van der Waals surface area contributed by atoms with Gasteiger partial charge in [0.2, 0.25) is 0 Å². The predicted molar refractivity (Wildman–Crippen MR) is 48.8 cm³/mol. The molecule has 0 aromatic heterocycles. The van der Waals surface area contributed by atoms with Gasteiger partial charge in [-0.05, 0) is 30.5 Å². The summed E-state index contributed by atoms with van der Waals surface area (Å²) in [6.07, 6.45) is 3.59. The van der Waals surface area contributed by atoms with Gasteiger partial charge in [0, 0.05) is 0 Å². The Morgan fingerprint density at radius 3 is 2.54 bits per heavy atom. The van der Waals surface area contributed by atoms with Crippen molar-refractivity contribution >= 4 is 0 Å². The number of aliphatic hydroxyl groups is 1. The van der Waals surface area contributed by atoms with Gasteiger partial charge in [-0.1, -0.05) is 25.0 Å². The van der Waals surface area contributed by atoms with Crippen molar-refractivity contribution in [3.63, 3.8) is 0 Å². The fourth-order valence-electron chi connectivity index (χ4n) is 2.03. The summed E-state index contributed by atoms with van der Waals surface area (Å²) in [7, 11) is 0. The Kier molecular flexibility index (Phi) is 2.08. The van der Waals surface area contributed by atoms with Gasteiger partial charge in [0.25, 0.3) is 0 Å². The number of hydrogen-bond acceptors (Lipinski definition) is 1. The quantitative estimate of drug-likeness (QED) is 0.704. The molecular weight excluding hydrogens is 167 g/mol.